The van der Waals surface area contributed by atoms with E-state index >= 15 is 0 Å². The Labute approximate surface area is 399 Å². The van der Waals surface area contributed by atoms with E-state index in [9.17, 15) is 13.9 Å². The summed E-state index contributed by atoms with van der Waals surface area (Å²) in [5.41, 5.74) is 6.31. The number of hydrogen-bond donors (Lipinski definition) is 3. The maximum absolute atomic E-state index is 13.9. The number of anilines is 3. The molecule has 0 spiro atoms. The standard InChI is InChI=1S/C27H29FN6O.C26H27FN6O/c28-20-7-3-6-19(16-20)22-9-5-15-33(22)26-12-11-25-29-17-23(34(25)32-26)21-8-4-10-24(30-21)31-27(18-35)13-1-2-14-27;27-19-5-1-4-18(16-19)22-7-3-15-32(22)25-10-9-24-29-17-23(33(24)31-25)21-6-2-8-26(30-21)34-20-11-13-28-14-12-20/h3-4,6-8,10-12,16-17,22,35H,1-2,5,9,13-15,18H2,(H,30,31);1-2,4-6,8-10,16-17,20,22,28H,3,7,11-15H2. The average molecular weight is 931 g/mol. The molecule has 4 fully saturated rings. The average Bonchev–Trinajstić information content (AvgIpc) is 4.25. The first-order chi connectivity index (χ1) is 33.9. The van der Waals surface area contributed by atoms with Gasteiger partial charge in [0, 0.05) is 19.2 Å². The van der Waals surface area contributed by atoms with Gasteiger partial charge in [-0.1, -0.05) is 49.2 Å². The molecule has 2 aromatic carbocycles. The van der Waals surface area contributed by atoms with Crippen molar-refractivity contribution in [3.63, 3.8) is 0 Å². The van der Waals surface area contributed by atoms with Gasteiger partial charge in [0.1, 0.15) is 46.6 Å². The van der Waals surface area contributed by atoms with Crippen molar-refractivity contribution in [1.82, 2.24) is 44.5 Å². The summed E-state index contributed by atoms with van der Waals surface area (Å²) < 4.78 is 37.6. The van der Waals surface area contributed by atoms with E-state index in [0.29, 0.717) is 5.88 Å². The summed E-state index contributed by atoms with van der Waals surface area (Å²) in [6, 6.07) is 33.5. The number of benzene rings is 2. The fourth-order valence-corrected chi connectivity index (χ4v) is 10.6. The molecule has 0 bridgehead atoms. The molecule has 3 aliphatic heterocycles. The number of pyridine rings is 2. The van der Waals surface area contributed by atoms with Crippen LogP contribution in [-0.4, -0.2) is 88.7 Å². The fraction of sp³-hybridized carbons (Fsp3) is 0.358. The highest BCUT2D eigenvalue weighted by molar-refractivity contribution is 5.63. The Hall–Kier alpha value is -7.04. The number of hydrogen-bond acceptors (Lipinski definition) is 12. The third kappa shape index (κ3) is 9.42. The van der Waals surface area contributed by atoms with E-state index in [4.69, 9.17) is 24.9 Å². The van der Waals surface area contributed by atoms with Crippen LogP contribution in [0, 0.1) is 11.6 Å². The first-order valence-corrected chi connectivity index (χ1v) is 24.3. The van der Waals surface area contributed by atoms with E-state index < -0.39 is 0 Å². The van der Waals surface area contributed by atoms with Gasteiger partial charge in [-0.15, -0.1) is 10.2 Å². The molecule has 8 aromatic rings. The normalized spacial score (nSPS) is 19.3. The van der Waals surface area contributed by atoms with Gasteiger partial charge in [0.05, 0.1) is 48.0 Å². The molecule has 354 valence electrons. The predicted octanol–water partition coefficient (Wildman–Crippen LogP) is 9.39. The van der Waals surface area contributed by atoms with Crippen LogP contribution in [0.15, 0.2) is 122 Å². The van der Waals surface area contributed by atoms with Crippen LogP contribution in [-0.2, 0) is 0 Å². The maximum Gasteiger partial charge on any atom is 0.214 e. The number of halogens is 2. The van der Waals surface area contributed by atoms with Crippen molar-refractivity contribution >= 4 is 28.7 Å². The summed E-state index contributed by atoms with van der Waals surface area (Å²) in [5, 5.41) is 26.7. The predicted molar refractivity (Wildman–Crippen MR) is 262 cm³/mol. The summed E-state index contributed by atoms with van der Waals surface area (Å²) in [5.74, 6) is 2.64. The third-order valence-electron chi connectivity index (χ3n) is 14.1. The zero-order chi connectivity index (χ0) is 46.7. The second-order valence-corrected chi connectivity index (χ2v) is 18.6. The highest BCUT2D eigenvalue weighted by Gasteiger charge is 2.34. The molecule has 14 nitrogen and oxygen atoms in total. The van der Waals surface area contributed by atoms with Crippen molar-refractivity contribution in [2.45, 2.75) is 87.9 Å². The second-order valence-electron chi connectivity index (χ2n) is 18.6. The molecular formula is C53H56F2N12O2. The van der Waals surface area contributed by atoms with Crippen molar-refractivity contribution < 1.29 is 18.6 Å². The van der Waals surface area contributed by atoms with Gasteiger partial charge in [-0.05, 0) is 142 Å². The molecule has 1 saturated carbocycles. The van der Waals surface area contributed by atoms with Gasteiger partial charge >= 0.3 is 0 Å². The van der Waals surface area contributed by atoms with Crippen LogP contribution in [0.4, 0.5) is 26.2 Å². The maximum atomic E-state index is 13.9. The Balaban J connectivity index is 0.000000151. The summed E-state index contributed by atoms with van der Waals surface area (Å²) in [7, 11) is 0. The minimum atomic E-state index is -0.293. The minimum Gasteiger partial charge on any atom is -0.474 e. The molecule has 0 amide bonds. The Kier molecular flexibility index (Phi) is 12.6. The summed E-state index contributed by atoms with van der Waals surface area (Å²) in [6.45, 7) is 3.78. The van der Waals surface area contributed by atoms with Crippen LogP contribution < -0.4 is 25.2 Å². The van der Waals surface area contributed by atoms with Crippen LogP contribution in [0.1, 0.15) is 87.4 Å². The van der Waals surface area contributed by atoms with Gasteiger partial charge in [-0.3, -0.25) is 0 Å². The van der Waals surface area contributed by atoms with E-state index in [1.807, 2.05) is 81.8 Å². The van der Waals surface area contributed by atoms with Crippen LogP contribution in [0.5, 0.6) is 5.88 Å². The lowest BCUT2D eigenvalue weighted by Gasteiger charge is -2.28. The fourth-order valence-electron chi connectivity index (χ4n) is 10.6. The van der Waals surface area contributed by atoms with Gasteiger partial charge < -0.3 is 30.3 Å². The van der Waals surface area contributed by atoms with E-state index in [-0.39, 0.29) is 42.0 Å². The quantitative estimate of drug-likeness (QED) is 0.114. The smallest absolute Gasteiger partial charge is 0.214 e. The number of aromatic nitrogens is 8. The monoisotopic (exact) mass is 930 g/mol. The van der Waals surface area contributed by atoms with Crippen LogP contribution in [0.25, 0.3) is 34.1 Å². The molecule has 2 unspecified atom stereocenters. The zero-order valence-electron chi connectivity index (χ0n) is 38.5. The number of ether oxygens (including phenoxy) is 1. The molecule has 3 saturated heterocycles. The number of imidazole rings is 2. The SMILES string of the molecule is Fc1cccc(C2CCCN2c2ccc3ncc(-c4cccc(OC5CCNCC5)n4)n3n2)c1.OCC1(Nc2cccc(-c3cnc4ccc(N5CCCC5c5cccc(F)c5)nn34)n2)CCCC1. The highest BCUT2D eigenvalue weighted by Crippen LogP contribution is 2.38. The van der Waals surface area contributed by atoms with Gasteiger partial charge in [0.15, 0.2) is 11.3 Å². The van der Waals surface area contributed by atoms with E-state index in [1.54, 1.807) is 36.7 Å². The molecule has 6 aromatic heterocycles. The van der Waals surface area contributed by atoms with E-state index in [1.165, 1.54) is 12.1 Å². The molecular weight excluding hydrogens is 875 g/mol. The van der Waals surface area contributed by atoms with Gasteiger partial charge in [0.25, 0.3) is 0 Å². The molecule has 12 rings (SSSR count). The number of rotatable bonds is 11. The van der Waals surface area contributed by atoms with E-state index in [2.05, 4.69) is 30.4 Å². The number of nitrogens with one attached hydrogen (secondary N) is 2. The largest absolute Gasteiger partial charge is 0.474 e. The summed E-state index contributed by atoms with van der Waals surface area (Å²) >= 11 is 0. The topological polar surface area (TPSA) is 146 Å². The van der Waals surface area contributed by atoms with Crippen LogP contribution >= 0.6 is 0 Å². The number of nitrogens with zero attached hydrogens (tertiary/aromatic N) is 10. The number of fused-ring (bicyclic) bond motifs is 2. The lowest BCUT2D eigenvalue weighted by atomic mass is 9.99. The third-order valence-corrected chi connectivity index (χ3v) is 14.1. The Morgan fingerprint density at radius 1 is 0.638 bits per heavy atom. The molecule has 0 radical (unpaired) electrons. The first kappa shape index (κ1) is 44.5. The van der Waals surface area contributed by atoms with Crippen molar-refractivity contribution in [1.29, 1.82) is 0 Å². The van der Waals surface area contributed by atoms with Gasteiger partial charge in [-0.25, -0.2) is 37.7 Å². The van der Waals surface area contributed by atoms with Crippen molar-refractivity contribution in [2.24, 2.45) is 0 Å². The molecule has 2 atom stereocenters. The van der Waals surface area contributed by atoms with Crippen molar-refractivity contribution in [2.75, 3.05) is 47.9 Å². The molecule has 4 aliphatic rings. The lowest BCUT2D eigenvalue weighted by Crippen LogP contribution is -2.39. The Morgan fingerprint density at radius 3 is 1.75 bits per heavy atom. The number of aliphatic hydroxyl groups excluding tert-OH is 1. The van der Waals surface area contributed by atoms with Gasteiger partial charge in [0.2, 0.25) is 5.88 Å². The number of aliphatic hydroxyl groups is 1. The lowest BCUT2D eigenvalue weighted by molar-refractivity contribution is 0.156. The Bertz CT molecular complexity index is 3060. The van der Waals surface area contributed by atoms with Crippen LogP contribution in [0.3, 0.4) is 0 Å². The number of piperidine rings is 1. The second kappa shape index (κ2) is 19.5. The molecule has 69 heavy (non-hydrogen) atoms. The molecule has 9 heterocycles. The van der Waals surface area contributed by atoms with Gasteiger partial charge in [-0.2, -0.15) is 0 Å². The van der Waals surface area contributed by atoms with E-state index in [0.717, 1.165) is 153 Å². The van der Waals surface area contributed by atoms with Crippen molar-refractivity contribution in [3.05, 3.63) is 144 Å². The first-order valence-electron chi connectivity index (χ1n) is 24.3. The van der Waals surface area contributed by atoms with Crippen molar-refractivity contribution in [3.8, 4) is 28.7 Å². The molecule has 16 heteroatoms. The molecule has 3 N–H and O–H groups in total. The molecule has 1 aliphatic carbocycles. The summed E-state index contributed by atoms with van der Waals surface area (Å²) in [6.07, 6.45) is 13.8. The highest BCUT2D eigenvalue weighted by atomic mass is 19.1. The Morgan fingerprint density at radius 2 is 1.19 bits per heavy atom. The van der Waals surface area contributed by atoms with Crippen LogP contribution in [0.2, 0.25) is 0 Å². The zero-order valence-corrected chi connectivity index (χ0v) is 38.5. The minimum absolute atomic E-state index is 0.0920. The summed E-state index contributed by atoms with van der Waals surface area (Å²) in [4.78, 5) is 23.2.